The third kappa shape index (κ3) is 78.2. The molecule has 0 rings (SSSR count). The zero-order valence-electron chi connectivity index (χ0n) is 32.1. The van der Waals surface area contributed by atoms with Crippen molar-refractivity contribution in [1.29, 1.82) is 0 Å². The van der Waals surface area contributed by atoms with Crippen LogP contribution in [0.5, 0.6) is 0 Å². The number of hydrogen-bond donors (Lipinski definition) is 8. The van der Waals surface area contributed by atoms with Gasteiger partial charge in [-0.25, -0.2) is 0 Å². The molecule has 460 valence electrons. The molecule has 0 aromatic carbocycles. The summed E-state index contributed by atoms with van der Waals surface area (Å²) in [5, 5.41) is 73.5. The number of ether oxygens (including phenoxy) is 13. The quantitative estimate of drug-likeness (QED) is 0.0348. The molecule has 71 heavy (non-hydrogen) atoms. The first-order chi connectivity index (χ1) is 27.0. The van der Waals surface area contributed by atoms with Crippen LogP contribution in [0.2, 0.25) is 0 Å². The molecule has 0 aliphatic rings. The third-order valence-electron chi connectivity index (χ3n) is 6.77. The predicted octanol–water partition coefficient (Wildman–Crippen LogP) is 5.53. The summed E-state index contributed by atoms with van der Waals surface area (Å²) >= 11 is 0. The van der Waals surface area contributed by atoms with E-state index >= 15 is 0 Å². The standard InChI is InChI=1S/C34H70O21.16CH4/c35-1-9-43-17-29(18-44-10-2-36)51-25-33(26-52-30(19-45-11-3-37)20-46-12-4-38)55-34(27-53-31(21-47-13-5-39)22-48-14-6-40)28-54-32(23-49-15-7-41)24-50-16-8-42;;;;;;;;;;;;;;;;/h29-42H,1-28H2;16*1H4. The molecule has 0 heterocycles. The molecule has 0 spiro atoms. The van der Waals surface area contributed by atoms with E-state index in [0.29, 0.717) is 0 Å². The Kier molecular flexibility index (Phi) is 159. The first kappa shape index (κ1) is 119. The molecule has 0 fully saturated rings. The molecule has 21 nitrogen and oxygen atoms in total. The molecular weight excluding hydrogens is 937 g/mol. The van der Waals surface area contributed by atoms with Gasteiger partial charge in [-0.1, -0.05) is 119 Å². The van der Waals surface area contributed by atoms with E-state index in [1.54, 1.807) is 0 Å². The molecule has 21 heteroatoms. The highest BCUT2D eigenvalue weighted by atomic mass is 16.6. The summed E-state index contributed by atoms with van der Waals surface area (Å²) in [6, 6.07) is 0. The second kappa shape index (κ2) is 95.0. The van der Waals surface area contributed by atoms with Crippen LogP contribution < -0.4 is 0 Å². The summed E-state index contributed by atoms with van der Waals surface area (Å²) in [6.45, 7) is -0.791. The van der Waals surface area contributed by atoms with E-state index in [1.807, 2.05) is 0 Å². The lowest BCUT2D eigenvalue weighted by atomic mass is 10.3. The normalized spacial score (nSPS) is 9.55. The average Bonchev–Trinajstić information content (AvgIpc) is 3.19. The lowest BCUT2D eigenvalue weighted by Crippen LogP contribution is -2.42. The monoisotopic (exact) mass is 1070 g/mol. The second-order valence-corrected chi connectivity index (χ2v) is 11.6. The van der Waals surface area contributed by atoms with E-state index < -0.39 is 36.6 Å². The van der Waals surface area contributed by atoms with E-state index in [9.17, 15) is 40.9 Å². The van der Waals surface area contributed by atoms with Gasteiger partial charge in [0.05, 0.1) is 185 Å². The predicted molar refractivity (Wildman–Crippen MR) is 299 cm³/mol. The van der Waals surface area contributed by atoms with E-state index in [4.69, 9.17) is 61.6 Å². The van der Waals surface area contributed by atoms with Crippen LogP contribution in [0.4, 0.5) is 0 Å². The van der Waals surface area contributed by atoms with Gasteiger partial charge in [0.25, 0.3) is 0 Å². The molecule has 0 radical (unpaired) electrons. The fourth-order valence-corrected chi connectivity index (χ4v) is 4.31. The van der Waals surface area contributed by atoms with Crippen molar-refractivity contribution in [2.75, 3.05) is 185 Å². The van der Waals surface area contributed by atoms with Gasteiger partial charge in [0.15, 0.2) is 0 Å². The molecule has 8 N–H and O–H groups in total. The maximum absolute atomic E-state index is 9.19. The zero-order valence-corrected chi connectivity index (χ0v) is 32.1. The van der Waals surface area contributed by atoms with Gasteiger partial charge in [-0.15, -0.1) is 0 Å². The Hall–Kier alpha value is -0.840. The molecule has 0 bridgehead atoms. The highest BCUT2D eigenvalue weighted by molar-refractivity contribution is 4.70. The zero-order chi connectivity index (χ0) is 40.5. The summed E-state index contributed by atoms with van der Waals surface area (Å²) in [5.74, 6) is 0. The maximum Gasteiger partial charge on any atom is 0.105 e. The van der Waals surface area contributed by atoms with Crippen LogP contribution in [0.3, 0.4) is 0 Å². The van der Waals surface area contributed by atoms with Crippen molar-refractivity contribution in [2.24, 2.45) is 0 Å². The maximum atomic E-state index is 9.19. The molecule has 0 aromatic rings. The summed E-state index contributed by atoms with van der Waals surface area (Å²) in [5.41, 5.74) is 0. The molecule has 0 aliphatic heterocycles. The minimum Gasteiger partial charge on any atom is -0.394 e. The van der Waals surface area contributed by atoms with Crippen molar-refractivity contribution in [3.8, 4) is 0 Å². The van der Waals surface area contributed by atoms with Crippen molar-refractivity contribution >= 4 is 0 Å². The van der Waals surface area contributed by atoms with E-state index in [2.05, 4.69) is 0 Å². The third-order valence-corrected chi connectivity index (χ3v) is 6.77. The van der Waals surface area contributed by atoms with Gasteiger partial charge in [0.1, 0.15) is 36.6 Å². The van der Waals surface area contributed by atoms with Crippen LogP contribution in [0, 0.1) is 0 Å². The largest absolute Gasteiger partial charge is 0.394 e. The lowest BCUT2D eigenvalue weighted by Gasteiger charge is -2.30. The first-order valence-corrected chi connectivity index (χ1v) is 18.6. The lowest BCUT2D eigenvalue weighted by molar-refractivity contribution is -0.179. The fraction of sp³-hybridized carbons (Fsp3) is 1.00. The van der Waals surface area contributed by atoms with Gasteiger partial charge in [-0.3, -0.25) is 0 Å². The molecule has 0 saturated heterocycles. The van der Waals surface area contributed by atoms with Crippen LogP contribution in [0.1, 0.15) is 119 Å². The van der Waals surface area contributed by atoms with Gasteiger partial charge in [-0.05, 0) is 0 Å². The van der Waals surface area contributed by atoms with Gasteiger partial charge < -0.3 is 102 Å². The molecule has 0 amide bonds. The Morgan fingerprint density at radius 2 is 0.310 bits per heavy atom. The minimum absolute atomic E-state index is 0. The topological polar surface area (TPSA) is 282 Å². The van der Waals surface area contributed by atoms with Crippen molar-refractivity contribution in [1.82, 2.24) is 0 Å². The Bertz CT molecular complexity index is 602. The van der Waals surface area contributed by atoms with E-state index in [0.717, 1.165) is 0 Å². The highest BCUT2D eigenvalue weighted by Gasteiger charge is 2.25. The van der Waals surface area contributed by atoms with Crippen LogP contribution in [0.15, 0.2) is 0 Å². The Labute approximate surface area is 442 Å². The van der Waals surface area contributed by atoms with Crippen LogP contribution in [0.25, 0.3) is 0 Å². The molecule has 0 unspecified atom stereocenters. The summed E-state index contributed by atoms with van der Waals surface area (Å²) in [6.07, 6.45) is -4.11. The molecular formula is C50H134O21. The van der Waals surface area contributed by atoms with Crippen LogP contribution in [-0.2, 0) is 61.6 Å². The van der Waals surface area contributed by atoms with Gasteiger partial charge in [0.2, 0.25) is 0 Å². The fourth-order valence-electron chi connectivity index (χ4n) is 4.31. The molecule has 0 atom stereocenters. The van der Waals surface area contributed by atoms with Crippen molar-refractivity contribution < 1.29 is 102 Å². The Balaban J connectivity index is -0.000000121. The molecule has 0 aliphatic carbocycles. The first-order valence-electron chi connectivity index (χ1n) is 18.6. The second-order valence-electron chi connectivity index (χ2n) is 11.6. The van der Waals surface area contributed by atoms with Crippen LogP contribution in [-0.4, -0.2) is 262 Å². The van der Waals surface area contributed by atoms with Gasteiger partial charge in [0, 0.05) is 0 Å². The minimum atomic E-state index is -0.807. The molecule has 0 saturated carbocycles. The SMILES string of the molecule is C.C.C.C.C.C.C.C.C.C.C.C.C.C.C.C.OCCOCC(COCCO)OCC(COC(COCCO)COCCO)OC(COC(COCCO)COCCO)COC(COCCO)COCCO. The van der Waals surface area contributed by atoms with Gasteiger partial charge in [-0.2, -0.15) is 0 Å². The molecule has 0 aromatic heterocycles. The van der Waals surface area contributed by atoms with Crippen molar-refractivity contribution in [3.63, 3.8) is 0 Å². The van der Waals surface area contributed by atoms with E-state index in [1.165, 1.54) is 0 Å². The number of aliphatic hydroxyl groups is 8. The average molecular weight is 1070 g/mol. The summed E-state index contributed by atoms with van der Waals surface area (Å²) < 4.78 is 74.9. The highest BCUT2D eigenvalue weighted by Crippen LogP contribution is 2.11. The number of hydrogen-bond acceptors (Lipinski definition) is 21. The summed E-state index contributed by atoms with van der Waals surface area (Å²) in [4.78, 5) is 0. The van der Waals surface area contributed by atoms with E-state index in [-0.39, 0.29) is 304 Å². The number of aliphatic hydroxyl groups excluding tert-OH is 8. The Morgan fingerprint density at radius 1 is 0.183 bits per heavy atom. The summed E-state index contributed by atoms with van der Waals surface area (Å²) in [7, 11) is 0. The van der Waals surface area contributed by atoms with Crippen LogP contribution >= 0.6 is 0 Å². The number of rotatable bonds is 46. The van der Waals surface area contributed by atoms with Gasteiger partial charge >= 0.3 is 0 Å². The Morgan fingerprint density at radius 3 is 0.423 bits per heavy atom. The van der Waals surface area contributed by atoms with Crippen molar-refractivity contribution in [3.05, 3.63) is 0 Å². The van der Waals surface area contributed by atoms with Crippen molar-refractivity contribution in [2.45, 2.75) is 155 Å². The smallest absolute Gasteiger partial charge is 0.105 e.